The van der Waals surface area contributed by atoms with Crippen LogP contribution in [-0.2, 0) is 14.3 Å². The number of likely N-dealkylation sites (N-methyl/N-ethyl adjacent to an activating group) is 1. The Morgan fingerprint density at radius 1 is 1.53 bits per heavy atom. The third kappa shape index (κ3) is 3.68. The first kappa shape index (κ1) is 14.5. The van der Waals surface area contributed by atoms with Gasteiger partial charge in [0.25, 0.3) is 0 Å². The molecule has 0 saturated heterocycles. The van der Waals surface area contributed by atoms with Crippen molar-refractivity contribution < 1.29 is 14.3 Å². The first-order chi connectivity index (χ1) is 8.18. The molecule has 100 valence electrons. The van der Waals surface area contributed by atoms with Crippen LogP contribution in [0.3, 0.4) is 0 Å². The van der Waals surface area contributed by atoms with Gasteiger partial charge in [-0.05, 0) is 32.7 Å². The molecule has 17 heavy (non-hydrogen) atoms. The van der Waals surface area contributed by atoms with Crippen molar-refractivity contribution in [1.29, 1.82) is 0 Å². The maximum Gasteiger partial charge on any atom is 0.326 e. The van der Waals surface area contributed by atoms with E-state index in [-0.39, 0.29) is 12.1 Å². The zero-order valence-corrected chi connectivity index (χ0v) is 11.3. The molecule has 0 spiro atoms. The van der Waals surface area contributed by atoms with Crippen molar-refractivity contribution in [3.05, 3.63) is 0 Å². The Morgan fingerprint density at radius 3 is 2.88 bits per heavy atom. The predicted molar refractivity (Wildman–Crippen MR) is 66.9 cm³/mol. The largest absolute Gasteiger partial charge is 0.468 e. The molecule has 1 aliphatic carbocycles. The molecule has 0 aliphatic heterocycles. The van der Waals surface area contributed by atoms with E-state index in [1.54, 1.807) is 0 Å². The highest BCUT2D eigenvalue weighted by molar-refractivity contribution is 5.80. The van der Waals surface area contributed by atoms with Gasteiger partial charge >= 0.3 is 5.97 Å². The number of carbonyl (C=O) groups is 1. The summed E-state index contributed by atoms with van der Waals surface area (Å²) in [5, 5.41) is 3.13. The van der Waals surface area contributed by atoms with Gasteiger partial charge in [0.05, 0.1) is 13.2 Å². The zero-order chi connectivity index (χ0) is 12.7. The van der Waals surface area contributed by atoms with Crippen LogP contribution in [0, 0.1) is 0 Å². The van der Waals surface area contributed by atoms with Crippen molar-refractivity contribution in [2.75, 3.05) is 20.8 Å². The van der Waals surface area contributed by atoms with Gasteiger partial charge in [-0.1, -0.05) is 13.3 Å². The summed E-state index contributed by atoms with van der Waals surface area (Å²) in [5.41, 5.74) is -0.538. The highest BCUT2D eigenvalue weighted by Crippen LogP contribution is 2.31. The molecule has 1 aliphatic rings. The lowest BCUT2D eigenvalue weighted by Crippen LogP contribution is -2.55. The maximum absolute atomic E-state index is 11.9. The number of carbonyl (C=O) groups excluding carboxylic acids is 1. The molecule has 0 aromatic rings. The second kappa shape index (κ2) is 6.97. The Labute approximate surface area is 104 Å². The summed E-state index contributed by atoms with van der Waals surface area (Å²) in [6.45, 7) is 2.94. The number of nitrogens with one attached hydrogen (secondary N) is 1. The molecule has 0 aromatic heterocycles. The van der Waals surface area contributed by atoms with Crippen LogP contribution in [0.2, 0.25) is 0 Å². The van der Waals surface area contributed by atoms with Gasteiger partial charge in [0.2, 0.25) is 0 Å². The summed E-state index contributed by atoms with van der Waals surface area (Å²) < 4.78 is 10.7. The summed E-state index contributed by atoms with van der Waals surface area (Å²) in [6, 6.07) is 0. The lowest BCUT2D eigenvalue weighted by molar-refractivity contribution is -0.152. The van der Waals surface area contributed by atoms with E-state index in [1.165, 1.54) is 7.11 Å². The van der Waals surface area contributed by atoms with Crippen molar-refractivity contribution in [2.24, 2.45) is 0 Å². The van der Waals surface area contributed by atoms with E-state index >= 15 is 0 Å². The molecule has 0 amide bonds. The first-order valence-electron chi connectivity index (χ1n) is 6.57. The van der Waals surface area contributed by atoms with Crippen molar-refractivity contribution in [1.82, 2.24) is 5.32 Å². The van der Waals surface area contributed by atoms with Crippen LogP contribution in [-0.4, -0.2) is 38.4 Å². The molecule has 4 nitrogen and oxygen atoms in total. The van der Waals surface area contributed by atoms with Crippen LogP contribution in [0.1, 0.15) is 45.4 Å². The van der Waals surface area contributed by atoms with Crippen molar-refractivity contribution in [3.8, 4) is 0 Å². The van der Waals surface area contributed by atoms with Gasteiger partial charge in [-0.2, -0.15) is 0 Å². The molecule has 1 N–H and O–H groups in total. The SMILES string of the molecule is CCCCOC1CCCC(NC)(C(=O)OC)C1. The minimum Gasteiger partial charge on any atom is -0.468 e. The zero-order valence-electron chi connectivity index (χ0n) is 11.3. The fourth-order valence-electron chi connectivity index (χ4n) is 2.47. The van der Waals surface area contributed by atoms with Gasteiger partial charge in [0.1, 0.15) is 5.54 Å². The number of ether oxygens (including phenoxy) is 2. The highest BCUT2D eigenvalue weighted by atomic mass is 16.5. The Bertz CT molecular complexity index is 245. The molecular weight excluding hydrogens is 218 g/mol. The molecule has 0 heterocycles. The fraction of sp³-hybridized carbons (Fsp3) is 0.923. The van der Waals surface area contributed by atoms with Gasteiger partial charge < -0.3 is 14.8 Å². The van der Waals surface area contributed by atoms with Crippen LogP contribution in [0.15, 0.2) is 0 Å². The Hall–Kier alpha value is -0.610. The third-order valence-electron chi connectivity index (χ3n) is 3.61. The van der Waals surface area contributed by atoms with Gasteiger partial charge in [-0.15, -0.1) is 0 Å². The molecular formula is C13H25NO3. The topological polar surface area (TPSA) is 47.6 Å². The van der Waals surface area contributed by atoms with Crippen LogP contribution in [0.25, 0.3) is 0 Å². The van der Waals surface area contributed by atoms with Crippen LogP contribution in [0.4, 0.5) is 0 Å². The summed E-state index contributed by atoms with van der Waals surface area (Å²) in [7, 11) is 3.27. The van der Waals surface area contributed by atoms with E-state index in [1.807, 2.05) is 7.05 Å². The highest BCUT2D eigenvalue weighted by Gasteiger charge is 2.42. The molecule has 1 rings (SSSR count). The fourth-order valence-corrected chi connectivity index (χ4v) is 2.47. The summed E-state index contributed by atoms with van der Waals surface area (Å²) in [5.74, 6) is -0.163. The predicted octanol–water partition coefficient (Wildman–Crippen LogP) is 1.88. The van der Waals surface area contributed by atoms with Crippen LogP contribution >= 0.6 is 0 Å². The van der Waals surface area contributed by atoms with Gasteiger partial charge in [0, 0.05) is 13.0 Å². The quantitative estimate of drug-likeness (QED) is 0.571. The first-order valence-corrected chi connectivity index (χ1v) is 6.57. The number of rotatable bonds is 6. The Kier molecular flexibility index (Phi) is 5.92. The third-order valence-corrected chi connectivity index (χ3v) is 3.61. The van der Waals surface area contributed by atoms with Gasteiger partial charge in [0.15, 0.2) is 0 Å². The molecule has 2 atom stereocenters. The van der Waals surface area contributed by atoms with Crippen molar-refractivity contribution in [3.63, 3.8) is 0 Å². The van der Waals surface area contributed by atoms with E-state index in [0.717, 1.165) is 45.1 Å². The lowest BCUT2D eigenvalue weighted by atomic mass is 9.80. The molecule has 1 saturated carbocycles. The molecule has 1 fully saturated rings. The maximum atomic E-state index is 11.9. The van der Waals surface area contributed by atoms with E-state index in [9.17, 15) is 4.79 Å². The standard InChI is InChI=1S/C13H25NO3/c1-4-5-9-17-11-7-6-8-13(10-11,14-2)12(15)16-3/h11,14H,4-10H2,1-3H3. The summed E-state index contributed by atoms with van der Waals surface area (Å²) >= 11 is 0. The second-order valence-electron chi connectivity index (χ2n) is 4.77. The average Bonchev–Trinajstić information content (AvgIpc) is 2.38. The number of unbranched alkanes of at least 4 members (excludes halogenated alkanes) is 1. The molecule has 4 heteroatoms. The normalized spacial score (nSPS) is 29.0. The molecule has 0 bridgehead atoms. The minimum atomic E-state index is -0.538. The van der Waals surface area contributed by atoms with Crippen LogP contribution < -0.4 is 5.32 Å². The van der Waals surface area contributed by atoms with Gasteiger partial charge in [-0.25, -0.2) is 0 Å². The monoisotopic (exact) mass is 243 g/mol. The van der Waals surface area contributed by atoms with Gasteiger partial charge in [-0.3, -0.25) is 4.79 Å². The average molecular weight is 243 g/mol. The minimum absolute atomic E-state index is 0.163. The molecule has 0 radical (unpaired) electrons. The van der Waals surface area contributed by atoms with Crippen LogP contribution in [0.5, 0.6) is 0 Å². The summed E-state index contributed by atoms with van der Waals surface area (Å²) in [6.07, 6.45) is 6.02. The van der Waals surface area contributed by atoms with E-state index in [0.29, 0.717) is 0 Å². The Balaban J connectivity index is 2.53. The smallest absolute Gasteiger partial charge is 0.326 e. The van der Waals surface area contributed by atoms with E-state index in [2.05, 4.69) is 12.2 Å². The molecule has 2 unspecified atom stereocenters. The lowest BCUT2D eigenvalue weighted by Gasteiger charge is -2.38. The van der Waals surface area contributed by atoms with E-state index < -0.39 is 5.54 Å². The van der Waals surface area contributed by atoms with Crippen molar-refractivity contribution in [2.45, 2.75) is 57.1 Å². The summed E-state index contributed by atoms with van der Waals surface area (Å²) in [4.78, 5) is 11.9. The Morgan fingerprint density at radius 2 is 2.29 bits per heavy atom. The molecule has 0 aromatic carbocycles. The number of hydrogen-bond acceptors (Lipinski definition) is 4. The number of methoxy groups -OCH3 is 1. The van der Waals surface area contributed by atoms with Crippen molar-refractivity contribution >= 4 is 5.97 Å². The second-order valence-corrected chi connectivity index (χ2v) is 4.77. The number of hydrogen-bond donors (Lipinski definition) is 1. The number of esters is 1. The van der Waals surface area contributed by atoms with E-state index in [4.69, 9.17) is 9.47 Å².